The molecule has 1 heterocycles. The third-order valence-corrected chi connectivity index (χ3v) is 3.58. The zero-order chi connectivity index (χ0) is 12.8. The number of nitrogens with one attached hydrogen (secondary N) is 1. The van der Waals surface area contributed by atoms with Crippen LogP contribution in [0.25, 0.3) is 0 Å². The smallest absolute Gasteiger partial charge is 0.126 e. The molecular formula is C15H22FNO. The first kappa shape index (κ1) is 13.5. The lowest BCUT2D eigenvalue weighted by molar-refractivity contribution is 0.0894. The number of halogens is 1. The Morgan fingerprint density at radius 2 is 2.28 bits per heavy atom. The molecule has 100 valence electrons. The van der Waals surface area contributed by atoms with Crippen LogP contribution in [-0.2, 0) is 11.2 Å². The second-order valence-electron chi connectivity index (χ2n) is 5.09. The molecule has 0 aliphatic carbocycles. The first-order valence-corrected chi connectivity index (χ1v) is 6.79. The van der Waals surface area contributed by atoms with Crippen molar-refractivity contribution in [2.45, 2.75) is 31.8 Å². The maximum Gasteiger partial charge on any atom is 0.126 e. The second kappa shape index (κ2) is 6.86. The van der Waals surface area contributed by atoms with Gasteiger partial charge in [-0.05, 0) is 56.8 Å². The summed E-state index contributed by atoms with van der Waals surface area (Å²) in [6.07, 6.45) is 4.49. The van der Waals surface area contributed by atoms with Gasteiger partial charge in [0.1, 0.15) is 5.82 Å². The molecule has 1 aliphatic rings. The molecule has 0 radical (unpaired) electrons. The lowest BCUT2D eigenvalue weighted by atomic mass is 9.92. The summed E-state index contributed by atoms with van der Waals surface area (Å²) in [5.41, 5.74) is 0.816. The average molecular weight is 251 g/mol. The zero-order valence-electron chi connectivity index (χ0n) is 11.0. The highest BCUT2D eigenvalue weighted by molar-refractivity contribution is 5.17. The van der Waals surface area contributed by atoms with E-state index < -0.39 is 0 Å². The fraction of sp³-hybridized carbons (Fsp3) is 0.600. The van der Waals surface area contributed by atoms with E-state index in [1.165, 1.54) is 6.07 Å². The van der Waals surface area contributed by atoms with Crippen LogP contribution in [0.15, 0.2) is 24.3 Å². The monoisotopic (exact) mass is 251 g/mol. The molecule has 1 saturated heterocycles. The van der Waals surface area contributed by atoms with Crippen molar-refractivity contribution in [1.82, 2.24) is 5.32 Å². The van der Waals surface area contributed by atoms with E-state index in [0.717, 1.165) is 44.4 Å². The van der Waals surface area contributed by atoms with Gasteiger partial charge in [-0.15, -0.1) is 0 Å². The first-order chi connectivity index (χ1) is 8.79. The van der Waals surface area contributed by atoms with E-state index in [9.17, 15) is 4.39 Å². The van der Waals surface area contributed by atoms with Gasteiger partial charge in [0.2, 0.25) is 0 Å². The van der Waals surface area contributed by atoms with Crippen LogP contribution in [0.3, 0.4) is 0 Å². The standard InChI is InChI=1S/C15H22FNO/c1-17-11-12(10-14-6-4-8-18-14)9-13-5-2-3-7-15(13)16/h2-3,5,7,12,14,17H,4,6,8-11H2,1H3. The minimum Gasteiger partial charge on any atom is -0.378 e. The minimum atomic E-state index is -0.0917. The third kappa shape index (κ3) is 3.79. The molecule has 1 aliphatic heterocycles. The van der Waals surface area contributed by atoms with Crippen LogP contribution in [0, 0.1) is 11.7 Å². The molecule has 1 aromatic carbocycles. The van der Waals surface area contributed by atoms with Crippen LogP contribution in [0.5, 0.6) is 0 Å². The van der Waals surface area contributed by atoms with Crippen LogP contribution in [0.1, 0.15) is 24.8 Å². The number of ether oxygens (including phenoxy) is 1. The van der Waals surface area contributed by atoms with Crippen LogP contribution in [-0.4, -0.2) is 26.3 Å². The lowest BCUT2D eigenvalue weighted by Gasteiger charge is -2.20. The van der Waals surface area contributed by atoms with Gasteiger partial charge in [-0.3, -0.25) is 0 Å². The topological polar surface area (TPSA) is 21.3 Å². The predicted molar refractivity (Wildman–Crippen MR) is 71.1 cm³/mol. The number of hydrogen-bond donors (Lipinski definition) is 1. The molecule has 0 amide bonds. The van der Waals surface area contributed by atoms with E-state index in [4.69, 9.17) is 4.74 Å². The number of rotatable bonds is 6. The molecule has 0 aromatic heterocycles. The molecule has 0 saturated carbocycles. The van der Waals surface area contributed by atoms with E-state index in [-0.39, 0.29) is 5.82 Å². The van der Waals surface area contributed by atoms with Crippen molar-refractivity contribution in [3.8, 4) is 0 Å². The highest BCUT2D eigenvalue weighted by atomic mass is 19.1. The van der Waals surface area contributed by atoms with Gasteiger partial charge in [-0.25, -0.2) is 4.39 Å². The maximum atomic E-state index is 13.7. The number of hydrogen-bond acceptors (Lipinski definition) is 2. The van der Waals surface area contributed by atoms with Crippen LogP contribution >= 0.6 is 0 Å². The van der Waals surface area contributed by atoms with Gasteiger partial charge in [0, 0.05) is 6.61 Å². The van der Waals surface area contributed by atoms with E-state index in [0.29, 0.717) is 12.0 Å². The largest absolute Gasteiger partial charge is 0.378 e. The van der Waals surface area contributed by atoms with Gasteiger partial charge >= 0.3 is 0 Å². The van der Waals surface area contributed by atoms with Gasteiger partial charge in [0.25, 0.3) is 0 Å². The van der Waals surface area contributed by atoms with Gasteiger partial charge in [-0.1, -0.05) is 18.2 Å². The molecule has 1 N–H and O–H groups in total. The Bertz CT molecular complexity index is 363. The van der Waals surface area contributed by atoms with Crippen LogP contribution < -0.4 is 5.32 Å². The molecule has 2 atom stereocenters. The van der Waals surface area contributed by atoms with Gasteiger partial charge in [0.05, 0.1) is 6.10 Å². The summed E-state index contributed by atoms with van der Waals surface area (Å²) in [5.74, 6) is 0.348. The Hall–Kier alpha value is -0.930. The Morgan fingerprint density at radius 1 is 1.44 bits per heavy atom. The summed E-state index contributed by atoms with van der Waals surface area (Å²) < 4.78 is 19.3. The Balaban J connectivity index is 1.94. The van der Waals surface area contributed by atoms with E-state index in [2.05, 4.69) is 5.32 Å². The molecule has 1 aromatic rings. The van der Waals surface area contributed by atoms with Crippen LogP contribution in [0.2, 0.25) is 0 Å². The molecule has 3 heteroatoms. The summed E-state index contributed by atoms with van der Waals surface area (Å²) in [6.45, 7) is 1.80. The number of benzene rings is 1. The van der Waals surface area contributed by atoms with E-state index >= 15 is 0 Å². The van der Waals surface area contributed by atoms with Crippen molar-refractivity contribution in [1.29, 1.82) is 0 Å². The lowest BCUT2D eigenvalue weighted by Crippen LogP contribution is -2.25. The van der Waals surface area contributed by atoms with Gasteiger partial charge in [-0.2, -0.15) is 0 Å². The van der Waals surface area contributed by atoms with Crippen molar-refractivity contribution in [3.05, 3.63) is 35.6 Å². The third-order valence-electron chi connectivity index (χ3n) is 3.58. The molecule has 2 unspecified atom stereocenters. The summed E-state index contributed by atoms with van der Waals surface area (Å²) >= 11 is 0. The van der Waals surface area contributed by atoms with Gasteiger partial charge < -0.3 is 10.1 Å². The fourth-order valence-corrected chi connectivity index (χ4v) is 2.70. The predicted octanol–water partition coefficient (Wildman–Crippen LogP) is 2.77. The fourth-order valence-electron chi connectivity index (χ4n) is 2.70. The SMILES string of the molecule is CNCC(Cc1ccccc1F)CC1CCCO1. The minimum absolute atomic E-state index is 0.0917. The van der Waals surface area contributed by atoms with Crippen LogP contribution in [0.4, 0.5) is 4.39 Å². The van der Waals surface area contributed by atoms with Crippen molar-refractivity contribution < 1.29 is 9.13 Å². The summed E-state index contributed by atoms with van der Waals surface area (Å²) in [5, 5.41) is 3.20. The summed E-state index contributed by atoms with van der Waals surface area (Å²) in [6, 6.07) is 7.07. The molecular weight excluding hydrogens is 229 g/mol. The highest BCUT2D eigenvalue weighted by Gasteiger charge is 2.21. The zero-order valence-corrected chi connectivity index (χ0v) is 11.0. The van der Waals surface area contributed by atoms with Crippen molar-refractivity contribution in [3.63, 3.8) is 0 Å². The van der Waals surface area contributed by atoms with Gasteiger partial charge in [0.15, 0.2) is 0 Å². The highest BCUT2D eigenvalue weighted by Crippen LogP contribution is 2.23. The first-order valence-electron chi connectivity index (χ1n) is 6.79. The van der Waals surface area contributed by atoms with Crippen molar-refractivity contribution >= 4 is 0 Å². The Labute approximate surface area is 109 Å². The average Bonchev–Trinajstić information content (AvgIpc) is 2.85. The Morgan fingerprint density at radius 3 is 2.94 bits per heavy atom. The molecule has 0 spiro atoms. The summed E-state index contributed by atoms with van der Waals surface area (Å²) in [7, 11) is 1.95. The normalized spacial score (nSPS) is 21.1. The van der Waals surface area contributed by atoms with Crippen molar-refractivity contribution in [2.75, 3.05) is 20.2 Å². The maximum absolute atomic E-state index is 13.7. The molecule has 2 nitrogen and oxygen atoms in total. The quantitative estimate of drug-likeness (QED) is 0.839. The van der Waals surface area contributed by atoms with E-state index in [1.54, 1.807) is 6.07 Å². The second-order valence-corrected chi connectivity index (χ2v) is 5.09. The molecule has 1 fully saturated rings. The Kier molecular flexibility index (Phi) is 5.14. The summed E-state index contributed by atoms with van der Waals surface area (Å²) in [4.78, 5) is 0. The molecule has 2 rings (SSSR count). The molecule has 0 bridgehead atoms. The van der Waals surface area contributed by atoms with E-state index in [1.807, 2.05) is 19.2 Å². The van der Waals surface area contributed by atoms with Crippen molar-refractivity contribution in [2.24, 2.45) is 5.92 Å². The molecule has 18 heavy (non-hydrogen) atoms.